The van der Waals surface area contributed by atoms with Gasteiger partial charge in [0, 0.05) is 10.7 Å². The lowest BCUT2D eigenvalue weighted by molar-refractivity contribution is 0.414. The van der Waals surface area contributed by atoms with E-state index in [4.69, 9.17) is 22.1 Å². The largest absolute Gasteiger partial charge is 0.497 e. The molecule has 0 bridgehead atoms. The van der Waals surface area contributed by atoms with Crippen LogP contribution in [-0.2, 0) is 0 Å². The number of ether oxygens (including phenoxy) is 1. The van der Waals surface area contributed by atoms with Gasteiger partial charge in [-0.3, -0.25) is 5.32 Å². The van der Waals surface area contributed by atoms with Crippen molar-refractivity contribution in [2.45, 2.75) is 6.17 Å². The highest BCUT2D eigenvalue weighted by atomic mass is 35.5. The van der Waals surface area contributed by atoms with Gasteiger partial charge in [-0.05, 0) is 42.0 Å². The molecular formula is C16H16ClN5O. The number of rotatable bonds is 3. The number of hydrogen-bond donors (Lipinski definition) is 3. The molecule has 6 nitrogen and oxygen atoms in total. The number of nitrogens with zero attached hydrogens (tertiary/aromatic N) is 2. The van der Waals surface area contributed by atoms with Crippen molar-refractivity contribution in [1.29, 1.82) is 0 Å². The molecule has 0 aliphatic carbocycles. The number of benzene rings is 2. The first-order valence-electron chi connectivity index (χ1n) is 6.99. The second-order valence-corrected chi connectivity index (χ2v) is 5.33. The van der Waals surface area contributed by atoms with Crippen LogP contribution in [0.25, 0.3) is 0 Å². The van der Waals surface area contributed by atoms with Crippen molar-refractivity contribution >= 4 is 29.2 Å². The Bertz CT molecular complexity index is 740. The molecule has 118 valence electrons. The third-order valence-electron chi connectivity index (χ3n) is 3.28. The summed E-state index contributed by atoms with van der Waals surface area (Å²) in [6.45, 7) is 0. The molecule has 0 amide bonds. The minimum atomic E-state index is -0.406. The van der Waals surface area contributed by atoms with Crippen molar-refractivity contribution in [1.82, 2.24) is 5.32 Å². The van der Waals surface area contributed by atoms with Gasteiger partial charge in [0.15, 0.2) is 12.1 Å². The Kier molecular flexibility index (Phi) is 4.34. The zero-order valence-corrected chi connectivity index (χ0v) is 13.2. The van der Waals surface area contributed by atoms with E-state index in [9.17, 15) is 0 Å². The molecular weight excluding hydrogens is 314 g/mol. The molecule has 23 heavy (non-hydrogen) atoms. The van der Waals surface area contributed by atoms with Gasteiger partial charge in [-0.1, -0.05) is 23.7 Å². The number of halogens is 1. The summed E-state index contributed by atoms with van der Waals surface area (Å²) in [5, 5.41) is 6.74. The van der Waals surface area contributed by atoms with Crippen LogP contribution >= 0.6 is 11.6 Å². The summed E-state index contributed by atoms with van der Waals surface area (Å²) < 4.78 is 5.16. The summed E-state index contributed by atoms with van der Waals surface area (Å²) in [5.41, 5.74) is 7.63. The van der Waals surface area contributed by atoms with Gasteiger partial charge in [0.05, 0.1) is 7.11 Å². The van der Waals surface area contributed by atoms with Gasteiger partial charge in [0.1, 0.15) is 5.75 Å². The van der Waals surface area contributed by atoms with Gasteiger partial charge in [-0.2, -0.15) is 0 Å². The average Bonchev–Trinajstić information content (AvgIpc) is 2.56. The predicted molar refractivity (Wildman–Crippen MR) is 93.0 cm³/mol. The number of aliphatic imine (C=N–C) groups is 2. The molecule has 1 aliphatic heterocycles. The van der Waals surface area contributed by atoms with Gasteiger partial charge < -0.3 is 15.8 Å². The Hall–Kier alpha value is -2.73. The first-order chi connectivity index (χ1) is 11.1. The van der Waals surface area contributed by atoms with Crippen LogP contribution in [-0.4, -0.2) is 19.0 Å². The number of hydrogen-bond acceptors (Lipinski definition) is 6. The molecule has 2 aromatic rings. The van der Waals surface area contributed by atoms with Crippen molar-refractivity contribution in [3.8, 4) is 5.75 Å². The summed E-state index contributed by atoms with van der Waals surface area (Å²) >= 11 is 5.88. The standard InChI is InChI=1S/C16H16ClN5O/c1-23-13-8-2-10(3-9-13)14-20-15(18)22-16(21-14)19-12-6-4-11(17)5-7-12/h2-9,14H,1H3,(H4,18,19,20,21,22). The fraction of sp³-hybridized carbons (Fsp3) is 0.125. The summed E-state index contributed by atoms with van der Waals surface area (Å²) in [6, 6.07) is 14.9. The van der Waals surface area contributed by atoms with Crippen molar-refractivity contribution in [2.75, 3.05) is 12.4 Å². The van der Waals surface area contributed by atoms with Crippen LogP contribution in [0.15, 0.2) is 58.5 Å². The topological polar surface area (TPSA) is 84.0 Å². The Morgan fingerprint density at radius 1 is 1.09 bits per heavy atom. The molecule has 0 radical (unpaired) electrons. The molecule has 1 aliphatic rings. The predicted octanol–water partition coefficient (Wildman–Crippen LogP) is 2.73. The highest BCUT2D eigenvalue weighted by Gasteiger charge is 2.17. The van der Waals surface area contributed by atoms with Gasteiger partial charge in [-0.15, -0.1) is 0 Å². The maximum atomic E-state index is 5.88. The van der Waals surface area contributed by atoms with Gasteiger partial charge >= 0.3 is 0 Å². The summed E-state index contributed by atoms with van der Waals surface area (Å²) in [5.74, 6) is 1.61. The Morgan fingerprint density at radius 2 is 1.78 bits per heavy atom. The van der Waals surface area contributed by atoms with Crippen molar-refractivity contribution in [3.05, 3.63) is 59.1 Å². The van der Waals surface area contributed by atoms with Gasteiger partial charge in [-0.25, -0.2) is 9.98 Å². The summed E-state index contributed by atoms with van der Waals surface area (Å²) in [4.78, 5) is 8.84. The lowest BCUT2D eigenvalue weighted by Crippen LogP contribution is -2.43. The number of anilines is 1. The van der Waals surface area contributed by atoms with Crippen LogP contribution in [0.5, 0.6) is 5.75 Å². The molecule has 1 heterocycles. The lowest BCUT2D eigenvalue weighted by Gasteiger charge is -2.20. The second-order valence-electron chi connectivity index (χ2n) is 4.90. The van der Waals surface area contributed by atoms with Crippen LogP contribution in [0, 0.1) is 0 Å². The number of guanidine groups is 2. The fourth-order valence-electron chi connectivity index (χ4n) is 2.13. The Labute approximate surface area is 139 Å². The van der Waals surface area contributed by atoms with Crippen LogP contribution in [0.3, 0.4) is 0 Å². The first-order valence-corrected chi connectivity index (χ1v) is 7.36. The Balaban J connectivity index is 1.80. The van der Waals surface area contributed by atoms with E-state index < -0.39 is 6.17 Å². The number of nitrogens with one attached hydrogen (secondary N) is 2. The van der Waals surface area contributed by atoms with E-state index in [1.165, 1.54) is 0 Å². The van der Waals surface area contributed by atoms with E-state index in [1.54, 1.807) is 19.2 Å². The zero-order valence-electron chi connectivity index (χ0n) is 12.5. The molecule has 0 aromatic heterocycles. The molecule has 0 spiro atoms. The van der Waals surface area contributed by atoms with Crippen LogP contribution < -0.4 is 21.1 Å². The normalized spacial score (nSPS) is 16.9. The minimum absolute atomic E-state index is 0.303. The molecule has 2 aromatic carbocycles. The minimum Gasteiger partial charge on any atom is -0.497 e. The van der Waals surface area contributed by atoms with Crippen LogP contribution in [0.1, 0.15) is 11.7 Å². The lowest BCUT2D eigenvalue weighted by atomic mass is 10.1. The SMILES string of the molecule is COc1ccc(C2N=C(N)NC(Nc3ccc(Cl)cc3)=N2)cc1. The molecule has 0 saturated carbocycles. The third kappa shape index (κ3) is 3.73. The number of methoxy groups -OCH3 is 1. The summed E-state index contributed by atoms with van der Waals surface area (Å²) in [7, 11) is 1.63. The van der Waals surface area contributed by atoms with E-state index in [1.807, 2.05) is 36.4 Å². The molecule has 1 unspecified atom stereocenters. The maximum Gasteiger partial charge on any atom is 0.205 e. The highest BCUT2D eigenvalue weighted by Crippen LogP contribution is 2.23. The average molecular weight is 330 g/mol. The second kappa shape index (κ2) is 6.58. The fourth-order valence-corrected chi connectivity index (χ4v) is 2.25. The molecule has 1 atom stereocenters. The van der Waals surface area contributed by atoms with E-state index >= 15 is 0 Å². The van der Waals surface area contributed by atoms with Crippen LogP contribution in [0.4, 0.5) is 5.69 Å². The van der Waals surface area contributed by atoms with Crippen LogP contribution in [0.2, 0.25) is 5.02 Å². The maximum absolute atomic E-state index is 5.88. The first kappa shape index (κ1) is 15.2. The van der Waals surface area contributed by atoms with E-state index in [0.29, 0.717) is 16.9 Å². The number of nitrogens with two attached hydrogens (primary N) is 1. The molecule has 4 N–H and O–H groups in total. The molecule has 7 heteroatoms. The quantitative estimate of drug-likeness (QED) is 0.808. The molecule has 0 saturated heterocycles. The molecule has 3 rings (SSSR count). The van der Waals surface area contributed by atoms with Gasteiger partial charge in [0.2, 0.25) is 5.96 Å². The summed E-state index contributed by atoms with van der Waals surface area (Å²) in [6.07, 6.45) is -0.406. The zero-order chi connectivity index (χ0) is 16.2. The van der Waals surface area contributed by atoms with Crippen molar-refractivity contribution in [3.63, 3.8) is 0 Å². The third-order valence-corrected chi connectivity index (χ3v) is 3.53. The van der Waals surface area contributed by atoms with Crippen molar-refractivity contribution in [2.24, 2.45) is 15.7 Å². The smallest absolute Gasteiger partial charge is 0.205 e. The monoisotopic (exact) mass is 329 g/mol. The van der Waals surface area contributed by atoms with E-state index in [-0.39, 0.29) is 0 Å². The highest BCUT2D eigenvalue weighted by molar-refractivity contribution is 6.30. The van der Waals surface area contributed by atoms with Crippen molar-refractivity contribution < 1.29 is 4.74 Å². The Morgan fingerprint density at radius 3 is 2.43 bits per heavy atom. The van der Waals surface area contributed by atoms with E-state index in [2.05, 4.69) is 20.6 Å². The molecule has 0 fully saturated rings. The van der Waals surface area contributed by atoms with Gasteiger partial charge in [0.25, 0.3) is 0 Å². The van der Waals surface area contributed by atoms with E-state index in [0.717, 1.165) is 17.0 Å².